The molecule has 1 rings (SSSR count). The van der Waals surface area contributed by atoms with Crippen LogP contribution in [0.4, 0.5) is 26.7 Å². The van der Waals surface area contributed by atoms with E-state index in [4.69, 9.17) is 0 Å². The van der Waals surface area contributed by atoms with Gasteiger partial charge in [0.25, 0.3) is 0 Å². The van der Waals surface area contributed by atoms with Crippen LogP contribution in [-0.2, 0) is 11.3 Å². The molecule has 20 heavy (non-hydrogen) atoms. The topological polar surface area (TPSA) is 47.6 Å². The molecule has 0 atom stereocenters. The number of carbonyl (C=O) groups excluding carboxylic acids is 1. The van der Waals surface area contributed by atoms with Crippen molar-refractivity contribution in [3.63, 3.8) is 0 Å². The highest BCUT2D eigenvalue weighted by atomic mass is 19.4. The standard InChI is InChI=1S/C11H10F5NO3/c12-9(13)20-8-3-1-7(2-4-8)5-17-10(18)19-6-11(14,15)16/h1-4,9H,5-6H2,(H,17,18). The number of nitrogens with one attached hydrogen (secondary N) is 1. The normalized spacial score (nSPS) is 11.3. The first-order chi connectivity index (χ1) is 9.26. The molecule has 1 aromatic carbocycles. The zero-order chi connectivity index (χ0) is 15.2. The summed E-state index contributed by atoms with van der Waals surface area (Å²) in [5.74, 6) is -0.0663. The van der Waals surface area contributed by atoms with Crippen molar-refractivity contribution in [3.8, 4) is 5.75 Å². The Morgan fingerprint density at radius 1 is 1.20 bits per heavy atom. The fraction of sp³-hybridized carbons (Fsp3) is 0.364. The number of benzene rings is 1. The van der Waals surface area contributed by atoms with Crippen LogP contribution in [-0.4, -0.2) is 25.5 Å². The number of halogens is 5. The van der Waals surface area contributed by atoms with Crippen molar-refractivity contribution >= 4 is 6.09 Å². The molecule has 4 nitrogen and oxygen atoms in total. The lowest BCUT2D eigenvalue weighted by Crippen LogP contribution is -2.28. The molecule has 0 unspecified atom stereocenters. The van der Waals surface area contributed by atoms with Crippen LogP contribution in [0.3, 0.4) is 0 Å². The number of alkyl halides is 5. The van der Waals surface area contributed by atoms with Gasteiger partial charge < -0.3 is 14.8 Å². The molecule has 0 heterocycles. The van der Waals surface area contributed by atoms with Gasteiger partial charge in [-0.3, -0.25) is 0 Å². The van der Waals surface area contributed by atoms with Crippen molar-refractivity contribution in [1.82, 2.24) is 5.32 Å². The maximum Gasteiger partial charge on any atom is 0.422 e. The highest BCUT2D eigenvalue weighted by molar-refractivity contribution is 5.67. The van der Waals surface area contributed by atoms with Gasteiger partial charge in [0.05, 0.1) is 0 Å². The molecule has 0 spiro atoms. The van der Waals surface area contributed by atoms with Gasteiger partial charge in [0.1, 0.15) is 5.75 Å². The van der Waals surface area contributed by atoms with E-state index in [9.17, 15) is 26.7 Å². The molecule has 9 heteroatoms. The van der Waals surface area contributed by atoms with Gasteiger partial charge in [0.15, 0.2) is 6.61 Å². The number of rotatable bonds is 5. The molecule has 0 saturated heterocycles. The van der Waals surface area contributed by atoms with Gasteiger partial charge in [-0.25, -0.2) is 4.79 Å². The van der Waals surface area contributed by atoms with E-state index in [2.05, 4.69) is 14.8 Å². The van der Waals surface area contributed by atoms with E-state index in [1.54, 1.807) is 0 Å². The first-order valence-corrected chi connectivity index (χ1v) is 5.27. The molecular weight excluding hydrogens is 289 g/mol. The molecule has 0 fully saturated rings. The predicted molar refractivity (Wildman–Crippen MR) is 57.3 cm³/mol. The summed E-state index contributed by atoms with van der Waals surface area (Å²) < 4.78 is 67.0. The lowest BCUT2D eigenvalue weighted by atomic mass is 10.2. The summed E-state index contributed by atoms with van der Waals surface area (Å²) in [5.41, 5.74) is 0.482. The second-order valence-corrected chi connectivity index (χ2v) is 3.57. The Hall–Kier alpha value is -2.06. The summed E-state index contributed by atoms with van der Waals surface area (Å²) in [6.07, 6.45) is -5.82. The van der Waals surface area contributed by atoms with E-state index < -0.39 is 25.5 Å². The molecule has 0 aromatic heterocycles. The maximum absolute atomic E-state index is 11.9. The van der Waals surface area contributed by atoms with Gasteiger partial charge in [-0.1, -0.05) is 12.1 Å². The first-order valence-electron chi connectivity index (χ1n) is 5.27. The second-order valence-electron chi connectivity index (χ2n) is 3.57. The van der Waals surface area contributed by atoms with Gasteiger partial charge in [0, 0.05) is 6.54 Å². The minimum Gasteiger partial charge on any atom is -0.440 e. The number of hydrogen-bond acceptors (Lipinski definition) is 3. The summed E-state index contributed by atoms with van der Waals surface area (Å²) in [4.78, 5) is 10.9. The zero-order valence-electron chi connectivity index (χ0n) is 9.92. The zero-order valence-corrected chi connectivity index (χ0v) is 9.92. The minimum absolute atomic E-state index is 0.0663. The summed E-state index contributed by atoms with van der Waals surface area (Å²) >= 11 is 0. The SMILES string of the molecule is O=C(NCc1ccc(OC(F)F)cc1)OCC(F)(F)F. The fourth-order valence-corrected chi connectivity index (χ4v) is 1.16. The van der Waals surface area contributed by atoms with Crippen molar-refractivity contribution in [2.24, 2.45) is 0 Å². The average molecular weight is 299 g/mol. The van der Waals surface area contributed by atoms with Gasteiger partial charge in [-0.2, -0.15) is 22.0 Å². The van der Waals surface area contributed by atoms with E-state index in [-0.39, 0.29) is 12.3 Å². The van der Waals surface area contributed by atoms with Crippen molar-refractivity contribution in [1.29, 1.82) is 0 Å². The summed E-state index contributed by atoms with van der Waals surface area (Å²) in [6, 6.07) is 5.23. The van der Waals surface area contributed by atoms with Crippen LogP contribution in [0.1, 0.15) is 5.56 Å². The Balaban J connectivity index is 2.36. The number of hydrogen-bond donors (Lipinski definition) is 1. The smallest absolute Gasteiger partial charge is 0.422 e. The van der Waals surface area contributed by atoms with Gasteiger partial charge in [-0.15, -0.1) is 0 Å². The molecule has 0 radical (unpaired) electrons. The molecular formula is C11H10F5NO3. The van der Waals surface area contributed by atoms with Gasteiger partial charge in [0.2, 0.25) is 0 Å². The van der Waals surface area contributed by atoms with Crippen LogP contribution in [0, 0.1) is 0 Å². The maximum atomic E-state index is 11.9. The molecule has 0 bridgehead atoms. The van der Waals surface area contributed by atoms with Crippen molar-refractivity contribution in [2.75, 3.05) is 6.61 Å². The molecule has 1 N–H and O–H groups in total. The van der Waals surface area contributed by atoms with Gasteiger partial charge in [-0.05, 0) is 17.7 Å². The molecule has 0 saturated carbocycles. The van der Waals surface area contributed by atoms with E-state index >= 15 is 0 Å². The Morgan fingerprint density at radius 2 is 1.80 bits per heavy atom. The van der Waals surface area contributed by atoms with E-state index in [1.807, 2.05) is 0 Å². The van der Waals surface area contributed by atoms with E-state index in [0.29, 0.717) is 5.56 Å². The largest absolute Gasteiger partial charge is 0.440 e. The van der Waals surface area contributed by atoms with Gasteiger partial charge >= 0.3 is 18.9 Å². The third-order valence-corrected chi connectivity index (χ3v) is 1.95. The number of carbonyl (C=O) groups is 1. The lowest BCUT2D eigenvalue weighted by Gasteiger charge is -2.09. The Kier molecular flexibility index (Phi) is 5.53. The summed E-state index contributed by atoms with van der Waals surface area (Å²) in [6.45, 7) is -4.73. The lowest BCUT2D eigenvalue weighted by molar-refractivity contribution is -0.160. The predicted octanol–water partition coefficient (Wildman–Crippen LogP) is 3.08. The van der Waals surface area contributed by atoms with Crippen LogP contribution in [0.15, 0.2) is 24.3 Å². The summed E-state index contributed by atoms with van der Waals surface area (Å²) in [7, 11) is 0. The third kappa shape index (κ3) is 6.76. The third-order valence-electron chi connectivity index (χ3n) is 1.95. The van der Waals surface area contributed by atoms with Crippen LogP contribution in [0.25, 0.3) is 0 Å². The van der Waals surface area contributed by atoms with Crippen LogP contribution in [0.2, 0.25) is 0 Å². The van der Waals surface area contributed by atoms with Crippen molar-refractivity contribution < 1.29 is 36.2 Å². The van der Waals surface area contributed by atoms with Crippen LogP contribution in [0.5, 0.6) is 5.75 Å². The van der Waals surface area contributed by atoms with Crippen molar-refractivity contribution in [3.05, 3.63) is 29.8 Å². The van der Waals surface area contributed by atoms with Crippen molar-refractivity contribution in [2.45, 2.75) is 19.3 Å². The Bertz CT molecular complexity index is 433. The average Bonchev–Trinajstić information content (AvgIpc) is 2.34. The molecule has 1 aromatic rings. The molecule has 0 aliphatic rings. The fourth-order valence-electron chi connectivity index (χ4n) is 1.16. The Morgan fingerprint density at radius 3 is 2.30 bits per heavy atom. The molecule has 1 amide bonds. The monoisotopic (exact) mass is 299 g/mol. The highest BCUT2D eigenvalue weighted by Crippen LogP contribution is 2.15. The second kappa shape index (κ2) is 6.92. The number of amides is 1. The minimum atomic E-state index is -4.59. The molecule has 0 aliphatic carbocycles. The number of ether oxygens (including phenoxy) is 2. The molecule has 0 aliphatic heterocycles. The van der Waals surface area contributed by atoms with E-state index in [1.165, 1.54) is 24.3 Å². The van der Waals surface area contributed by atoms with Crippen LogP contribution >= 0.6 is 0 Å². The quantitative estimate of drug-likeness (QED) is 0.850. The highest BCUT2D eigenvalue weighted by Gasteiger charge is 2.29. The van der Waals surface area contributed by atoms with E-state index in [0.717, 1.165) is 0 Å². The summed E-state index contributed by atoms with van der Waals surface area (Å²) in [5, 5.41) is 2.08. The number of alkyl carbamates (subject to hydrolysis) is 1. The first kappa shape index (κ1) is 16.0. The Labute approximate surface area is 110 Å². The van der Waals surface area contributed by atoms with Crippen LogP contribution < -0.4 is 10.1 Å². The molecule has 112 valence electrons.